The highest BCUT2D eigenvalue weighted by Gasteiger charge is 1.94. The molecule has 0 N–H and O–H groups in total. The number of hydrogen-bond donors (Lipinski definition) is 0. The lowest BCUT2D eigenvalue weighted by Gasteiger charge is -1.90. The van der Waals surface area contributed by atoms with Gasteiger partial charge in [0.05, 0.1) is 0 Å². The highest BCUT2D eigenvalue weighted by Crippen LogP contribution is 1.98. The number of hydrogen-bond acceptors (Lipinski definition) is 1. The van der Waals surface area contributed by atoms with E-state index in [2.05, 4.69) is 18.2 Å². The molecule has 1 nitrogen and oxygen atoms in total. The van der Waals surface area contributed by atoms with Crippen molar-refractivity contribution >= 4 is 17.4 Å². The number of carbonyl (C=O) groups excluding carboxylic acids is 1. The average molecular weight is 159 g/mol. The summed E-state index contributed by atoms with van der Waals surface area (Å²) >= 11 is 5.03. The molecular formula is C8H11ClO. The fourth-order valence-electron chi connectivity index (χ4n) is 0.651. The average Bonchev–Trinajstić information content (AvgIpc) is 1.89. The van der Waals surface area contributed by atoms with E-state index in [-0.39, 0.29) is 5.78 Å². The molecule has 0 aromatic carbocycles. The predicted octanol–water partition coefficient (Wildman–Crippen LogP) is 2.34. The van der Waals surface area contributed by atoms with Crippen LogP contribution >= 0.6 is 11.6 Å². The van der Waals surface area contributed by atoms with Crippen molar-refractivity contribution in [2.75, 3.05) is 0 Å². The second kappa shape index (κ2) is 6.64. The predicted molar refractivity (Wildman–Crippen MR) is 42.8 cm³/mol. The van der Waals surface area contributed by atoms with Gasteiger partial charge in [0.15, 0.2) is 0 Å². The Balaban J connectivity index is 3.28. The number of carbonyl (C=O) groups is 1. The number of rotatable bonds is 4. The molecule has 0 saturated heterocycles. The minimum absolute atomic E-state index is 0.0524. The van der Waals surface area contributed by atoms with Gasteiger partial charge in [-0.05, 0) is 23.9 Å². The first-order chi connectivity index (χ1) is 4.81. The molecule has 56 valence electrons. The van der Waals surface area contributed by atoms with Gasteiger partial charge in [-0.1, -0.05) is 19.8 Å². The first-order valence-electron chi connectivity index (χ1n) is 3.45. The van der Waals surface area contributed by atoms with Crippen molar-refractivity contribution in [1.82, 2.24) is 0 Å². The highest BCUT2D eigenvalue weighted by molar-refractivity contribution is 6.31. The van der Waals surface area contributed by atoms with Crippen molar-refractivity contribution in [3.8, 4) is 11.3 Å². The Labute approximate surface area is 66.8 Å². The van der Waals surface area contributed by atoms with Gasteiger partial charge in [-0.3, -0.25) is 4.79 Å². The maximum Gasteiger partial charge on any atom is 0.206 e. The largest absolute Gasteiger partial charge is 0.285 e. The third-order valence-corrected chi connectivity index (χ3v) is 1.29. The Bertz CT molecular complexity index is 152. The number of unbranched alkanes of at least 4 members (excludes halogenated alkanes) is 2. The number of Topliss-reactive ketones (excluding diaryl/α,β-unsaturated/α-hetero) is 1. The van der Waals surface area contributed by atoms with Crippen LogP contribution in [0.4, 0.5) is 0 Å². The Morgan fingerprint density at radius 2 is 2.20 bits per heavy atom. The van der Waals surface area contributed by atoms with Gasteiger partial charge in [0, 0.05) is 11.8 Å². The van der Waals surface area contributed by atoms with Gasteiger partial charge < -0.3 is 0 Å². The SMILES string of the molecule is CCCCCC(=O)C#CCl. The molecule has 0 bridgehead atoms. The minimum atomic E-state index is -0.0524. The molecule has 0 heterocycles. The van der Waals surface area contributed by atoms with E-state index < -0.39 is 0 Å². The van der Waals surface area contributed by atoms with E-state index in [1.807, 2.05) is 0 Å². The molecule has 0 aliphatic carbocycles. The molecule has 0 spiro atoms. The first kappa shape index (κ1) is 9.52. The molecular weight excluding hydrogens is 148 g/mol. The second-order valence-corrected chi connectivity index (χ2v) is 2.29. The quantitative estimate of drug-likeness (QED) is 0.454. The van der Waals surface area contributed by atoms with Gasteiger partial charge in [0.2, 0.25) is 5.78 Å². The van der Waals surface area contributed by atoms with Gasteiger partial charge in [0.1, 0.15) is 0 Å². The van der Waals surface area contributed by atoms with Crippen LogP contribution in [0.5, 0.6) is 0 Å². The van der Waals surface area contributed by atoms with E-state index in [4.69, 9.17) is 11.6 Å². The third kappa shape index (κ3) is 5.65. The number of halogens is 1. The molecule has 0 atom stereocenters. The van der Waals surface area contributed by atoms with Crippen LogP contribution in [0.15, 0.2) is 0 Å². The number of ketones is 1. The molecule has 0 fully saturated rings. The first-order valence-corrected chi connectivity index (χ1v) is 3.83. The van der Waals surface area contributed by atoms with Gasteiger partial charge in [-0.2, -0.15) is 0 Å². The molecule has 0 aliphatic rings. The summed E-state index contributed by atoms with van der Waals surface area (Å²) in [4.78, 5) is 10.7. The summed E-state index contributed by atoms with van der Waals surface area (Å²) in [6.45, 7) is 2.09. The van der Waals surface area contributed by atoms with E-state index in [9.17, 15) is 4.79 Å². The molecule has 0 radical (unpaired) electrons. The Kier molecular flexibility index (Phi) is 6.32. The summed E-state index contributed by atoms with van der Waals surface area (Å²) in [6, 6.07) is 0. The van der Waals surface area contributed by atoms with Crippen molar-refractivity contribution in [3.63, 3.8) is 0 Å². The highest BCUT2D eigenvalue weighted by atomic mass is 35.5. The lowest BCUT2D eigenvalue weighted by atomic mass is 10.1. The molecule has 0 amide bonds. The fourth-order valence-corrected chi connectivity index (χ4v) is 0.756. The van der Waals surface area contributed by atoms with E-state index in [1.54, 1.807) is 0 Å². The summed E-state index contributed by atoms with van der Waals surface area (Å²) in [5.74, 6) is 2.23. The normalized spacial score (nSPS) is 8.20. The lowest BCUT2D eigenvalue weighted by molar-refractivity contribution is -0.113. The monoisotopic (exact) mass is 158 g/mol. The molecule has 0 aromatic rings. The Morgan fingerprint density at radius 3 is 2.70 bits per heavy atom. The van der Waals surface area contributed by atoms with Crippen molar-refractivity contribution in [1.29, 1.82) is 0 Å². The van der Waals surface area contributed by atoms with Crippen molar-refractivity contribution in [2.24, 2.45) is 0 Å². The molecule has 0 aromatic heterocycles. The molecule has 0 rings (SSSR count). The third-order valence-electron chi connectivity index (χ3n) is 1.19. The summed E-state index contributed by atoms with van der Waals surface area (Å²) < 4.78 is 0. The molecule has 0 aliphatic heterocycles. The van der Waals surface area contributed by atoms with Crippen LogP contribution in [0.2, 0.25) is 0 Å². The van der Waals surface area contributed by atoms with E-state index in [0.717, 1.165) is 19.3 Å². The summed E-state index contributed by atoms with van der Waals surface area (Å²) in [5, 5.41) is 2.07. The topological polar surface area (TPSA) is 17.1 Å². The van der Waals surface area contributed by atoms with Crippen molar-refractivity contribution in [2.45, 2.75) is 32.6 Å². The van der Waals surface area contributed by atoms with Crippen LogP contribution in [0, 0.1) is 11.3 Å². The summed E-state index contributed by atoms with van der Waals surface area (Å²) in [6.07, 6.45) is 3.70. The minimum Gasteiger partial charge on any atom is -0.285 e. The molecule has 2 heteroatoms. The maximum atomic E-state index is 10.7. The van der Waals surface area contributed by atoms with E-state index in [1.165, 1.54) is 0 Å². The van der Waals surface area contributed by atoms with Crippen molar-refractivity contribution < 1.29 is 4.79 Å². The van der Waals surface area contributed by atoms with E-state index in [0.29, 0.717) is 6.42 Å². The van der Waals surface area contributed by atoms with Crippen LogP contribution in [-0.2, 0) is 4.79 Å². The van der Waals surface area contributed by atoms with Gasteiger partial charge in [-0.15, -0.1) is 0 Å². The lowest BCUT2D eigenvalue weighted by Crippen LogP contribution is -1.91. The zero-order valence-electron chi connectivity index (χ0n) is 6.11. The van der Waals surface area contributed by atoms with E-state index >= 15 is 0 Å². The summed E-state index contributed by atoms with van der Waals surface area (Å²) in [7, 11) is 0. The molecule has 0 saturated carbocycles. The fraction of sp³-hybridized carbons (Fsp3) is 0.625. The van der Waals surface area contributed by atoms with Crippen molar-refractivity contribution in [3.05, 3.63) is 0 Å². The molecule has 10 heavy (non-hydrogen) atoms. The van der Waals surface area contributed by atoms with Gasteiger partial charge >= 0.3 is 0 Å². The zero-order valence-corrected chi connectivity index (χ0v) is 6.87. The second-order valence-electron chi connectivity index (χ2n) is 2.10. The van der Waals surface area contributed by atoms with Gasteiger partial charge in [-0.25, -0.2) is 0 Å². The van der Waals surface area contributed by atoms with Crippen LogP contribution in [0.25, 0.3) is 0 Å². The Hall–Kier alpha value is -0.480. The Morgan fingerprint density at radius 1 is 1.50 bits per heavy atom. The van der Waals surface area contributed by atoms with Crippen LogP contribution in [0.1, 0.15) is 32.6 Å². The van der Waals surface area contributed by atoms with Crippen LogP contribution in [-0.4, -0.2) is 5.78 Å². The van der Waals surface area contributed by atoms with Crippen LogP contribution in [0.3, 0.4) is 0 Å². The van der Waals surface area contributed by atoms with Crippen LogP contribution < -0.4 is 0 Å². The molecule has 0 unspecified atom stereocenters. The van der Waals surface area contributed by atoms with Gasteiger partial charge in [0.25, 0.3) is 0 Å². The maximum absolute atomic E-state index is 10.7. The zero-order chi connectivity index (χ0) is 7.82. The standard InChI is InChI=1S/C8H11ClO/c1-2-3-4-5-8(10)6-7-9/h2-5H2,1H3. The smallest absolute Gasteiger partial charge is 0.206 e. The summed E-state index contributed by atoms with van der Waals surface area (Å²) in [5.41, 5.74) is 0.